The van der Waals surface area contributed by atoms with Crippen LogP contribution in [0, 0.1) is 0 Å². The number of alkyl halides is 1. The zero-order valence-corrected chi connectivity index (χ0v) is 12.5. The first-order valence-corrected chi connectivity index (χ1v) is 7.65. The number of carbonyl (C=O) groups is 1. The summed E-state index contributed by atoms with van der Waals surface area (Å²) in [5.41, 5.74) is 1.20. The molecule has 1 aliphatic carbocycles. The number of benzene rings is 1. The quantitative estimate of drug-likeness (QED) is 0.452. The smallest absolute Gasteiger partial charge is 0.308 e. The maximum atomic E-state index is 11.6. The molecule has 0 N–H and O–H groups in total. The first-order chi connectivity index (χ1) is 9.27. The summed E-state index contributed by atoms with van der Waals surface area (Å²) >= 11 is 3.29. The van der Waals surface area contributed by atoms with E-state index in [0.717, 1.165) is 19.3 Å². The third-order valence-electron chi connectivity index (χ3n) is 3.34. The van der Waals surface area contributed by atoms with Crippen LogP contribution in [0.5, 0.6) is 0 Å². The zero-order valence-electron chi connectivity index (χ0n) is 10.9. The number of ketones is 1. The van der Waals surface area contributed by atoms with Crippen molar-refractivity contribution in [3.05, 3.63) is 35.9 Å². The van der Waals surface area contributed by atoms with Gasteiger partial charge in [-0.25, -0.2) is 0 Å². The van der Waals surface area contributed by atoms with Gasteiger partial charge in [-0.3, -0.25) is 9.68 Å². The number of hydrogen-bond acceptors (Lipinski definition) is 3. The van der Waals surface area contributed by atoms with Crippen molar-refractivity contribution in [1.82, 2.24) is 0 Å². The molecule has 3 rings (SSSR count). The van der Waals surface area contributed by atoms with Crippen LogP contribution in [0.1, 0.15) is 37.2 Å². The molecular formula is C14H18BBrO3. The van der Waals surface area contributed by atoms with Gasteiger partial charge < -0.3 is 4.81 Å². The second kappa shape index (κ2) is 7.83. The van der Waals surface area contributed by atoms with Crippen molar-refractivity contribution in [2.45, 2.75) is 36.3 Å². The Labute approximate surface area is 123 Å². The molecule has 1 heterocycles. The molecule has 1 aromatic carbocycles. The summed E-state index contributed by atoms with van der Waals surface area (Å²) < 4.78 is 0.414. The molecule has 2 aliphatic rings. The van der Waals surface area contributed by atoms with Gasteiger partial charge in [-0.1, -0.05) is 52.7 Å². The predicted octanol–water partition coefficient (Wildman–Crippen LogP) is 2.93. The van der Waals surface area contributed by atoms with Crippen LogP contribution in [0.2, 0.25) is 0 Å². The predicted molar refractivity (Wildman–Crippen MR) is 79.6 cm³/mol. The van der Waals surface area contributed by atoms with E-state index in [0.29, 0.717) is 24.6 Å². The standard InChI is InChI=1S/C12H14O.C2H4BBrO2/c13-12-9-5-4-8-11(12)10-6-2-1-3-7-10;4-2-1-5-6-3-2/h1-3,6-7,11H,4-5,8-9H2;2-3H,1H2. The highest BCUT2D eigenvalue weighted by Gasteiger charge is 2.23. The fourth-order valence-corrected chi connectivity index (χ4v) is 2.53. The topological polar surface area (TPSA) is 35.5 Å². The molecule has 2 fully saturated rings. The van der Waals surface area contributed by atoms with Crippen molar-refractivity contribution in [3.8, 4) is 0 Å². The zero-order chi connectivity index (χ0) is 13.5. The van der Waals surface area contributed by atoms with Crippen molar-refractivity contribution < 1.29 is 14.5 Å². The SMILES string of the molecule is BrC1BOOC1.O=C1CCCCC1c1ccccc1. The maximum Gasteiger partial charge on any atom is 0.339 e. The second-order valence-electron chi connectivity index (χ2n) is 4.84. The molecule has 19 heavy (non-hydrogen) atoms. The summed E-state index contributed by atoms with van der Waals surface area (Å²) in [5.74, 6) is 0.618. The largest absolute Gasteiger partial charge is 0.339 e. The summed E-state index contributed by atoms with van der Waals surface area (Å²) in [6, 6.07) is 10.1. The molecule has 1 aliphatic heterocycles. The van der Waals surface area contributed by atoms with Crippen LogP contribution in [0.15, 0.2) is 30.3 Å². The highest BCUT2D eigenvalue weighted by Crippen LogP contribution is 2.29. The Kier molecular flexibility index (Phi) is 6.08. The van der Waals surface area contributed by atoms with E-state index < -0.39 is 0 Å². The lowest BCUT2D eigenvalue weighted by Gasteiger charge is -2.20. The molecule has 1 saturated carbocycles. The van der Waals surface area contributed by atoms with Crippen LogP contribution in [0.3, 0.4) is 0 Å². The van der Waals surface area contributed by atoms with Crippen LogP contribution in [-0.2, 0) is 14.5 Å². The van der Waals surface area contributed by atoms with E-state index in [1.54, 1.807) is 0 Å². The minimum Gasteiger partial charge on any atom is -0.308 e. The van der Waals surface area contributed by atoms with Crippen LogP contribution in [-0.4, -0.2) is 24.6 Å². The van der Waals surface area contributed by atoms with E-state index in [2.05, 4.69) is 37.8 Å². The molecule has 0 bridgehead atoms. The first-order valence-electron chi connectivity index (χ1n) is 6.73. The third-order valence-corrected chi connectivity index (χ3v) is 3.87. The van der Waals surface area contributed by atoms with E-state index >= 15 is 0 Å². The van der Waals surface area contributed by atoms with Crippen molar-refractivity contribution in [3.63, 3.8) is 0 Å². The fraction of sp³-hybridized carbons (Fsp3) is 0.500. The number of Topliss-reactive ketones (excluding diaryl/α,β-unsaturated/α-hetero) is 1. The lowest BCUT2D eigenvalue weighted by Crippen LogP contribution is -2.16. The average Bonchev–Trinajstić information content (AvgIpc) is 2.92. The minimum absolute atomic E-state index is 0.190. The van der Waals surface area contributed by atoms with Gasteiger partial charge in [0, 0.05) is 17.1 Å². The molecule has 102 valence electrons. The Morgan fingerprint density at radius 2 is 2.00 bits per heavy atom. The minimum atomic E-state index is 0.190. The molecular weight excluding hydrogens is 307 g/mol. The van der Waals surface area contributed by atoms with Gasteiger partial charge in [0.2, 0.25) is 0 Å². The number of halogens is 1. The highest BCUT2D eigenvalue weighted by atomic mass is 79.9. The Hall–Kier alpha value is -0.645. The third kappa shape index (κ3) is 4.75. The summed E-state index contributed by atoms with van der Waals surface area (Å²) in [5, 5.41) is 0. The summed E-state index contributed by atoms with van der Waals surface area (Å²) in [6.45, 7) is 0.681. The van der Waals surface area contributed by atoms with E-state index in [1.807, 2.05) is 18.2 Å². The average molecular weight is 325 g/mol. The molecule has 0 radical (unpaired) electrons. The van der Waals surface area contributed by atoms with Gasteiger partial charge in [0.1, 0.15) is 5.78 Å². The van der Waals surface area contributed by atoms with Crippen LogP contribution in [0.25, 0.3) is 0 Å². The van der Waals surface area contributed by atoms with Gasteiger partial charge in [-0.2, -0.15) is 0 Å². The van der Waals surface area contributed by atoms with E-state index in [1.165, 1.54) is 12.0 Å². The lowest BCUT2D eigenvalue weighted by molar-refractivity contribution is -0.181. The highest BCUT2D eigenvalue weighted by molar-refractivity contribution is 9.10. The van der Waals surface area contributed by atoms with E-state index in [9.17, 15) is 4.79 Å². The van der Waals surface area contributed by atoms with Crippen molar-refractivity contribution in [2.75, 3.05) is 6.61 Å². The molecule has 2 atom stereocenters. The molecule has 1 saturated heterocycles. The Morgan fingerprint density at radius 1 is 1.21 bits per heavy atom. The van der Waals surface area contributed by atoms with Gasteiger partial charge in [0.05, 0.1) is 6.61 Å². The van der Waals surface area contributed by atoms with Crippen LogP contribution >= 0.6 is 15.9 Å². The summed E-state index contributed by atoms with van der Waals surface area (Å²) in [6.07, 6.45) is 4.11. The number of rotatable bonds is 1. The molecule has 0 aromatic heterocycles. The maximum absolute atomic E-state index is 11.6. The normalized spacial score (nSPS) is 26.3. The Morgan fingerprint density at radius 3 is 2.53 bits per heavy atom. The van der Waals surface area contributed by atoms with Crippen molar-refractivity contribution in [1.29, 1.82) is 0 Å². The molecule has 0 spiro atoms. The molecule has 3 nitrogen and oxygen atoms in total. The van der Waals surface area contributed by atoms with Crippen LogP contribution < -0.4 is 0 Å². The van der Waals surface area contributed by atoms with Gasteiger partial charge >= 0.3 is 7.48 Å². The lowest BCUT2D eigenvalue weighted by atomic mass is 9.83. The Balaban J connectivity index is 0.000000186. The van der Waals surface area contributed by atoms with Gasteiger partial charge in [0.15, 0.2) is 0 Å². The van der Waals surface area contributed by atoms with Crippen LogP contribution in [0.4, 0.5) is 0 Å². The first kappa shape index (κ1) is 14.8. The molecule has 1 aromatic rings. The fourth-order valence-electron chi connectivity index (χ4n) is 2.31. The molecule has 0 amide bonds. The van der Waals surface area contributed by atoms with Crippen molar-refractivity contribution in [2.24, 2.45) is 0 Å². The van der Waals surface area contributed by atoms with E-state index in [-0.39, 0.29) is 5.92 Å². The van der Waals surface area contributed by atoms with Crippen molar-refractivity contribution >= 4 is 29.2 Å². The Bertz CT molecular complexity index is 393. The molecule has 2 unspecified atom stereocenters. The van der Waals surface area contributed by atoms with Gasteiger partial charge in [-0.05, 0) is 18.4 Å². The number of carbonyl (C=O) groups excluding carboxylic acids is 1. The summed E-state index contributed by atoms with van der Waals surface area (Å²) in [7, 11) is 0.681. The monoisotopic (exact) mass is 324 g/mol. The van der Waals surface area contributed by atoms with Gasteiger partial charge in [0.25, 0.3) is 0 Å². The summed E-state index contributed by atoms with van der Waals surface area (Å²) in [4.78, 5) is 20.6. The molecule has 5 heteroatoms. The van der Waals surface area contributed by atoms with Gasteiger partial charge in [-0.15, -0.1) is 0 Å². The van der Waals surface area contributed by atoms with E-state index in [4.69, 9.17) is 0 Å². The second-order valence-corrected chi connectivity index (χ2v) is 6.14. The number of hydrogen-bond donors (Lipinski definition) is 0.